The fourth-order valence-corrected chi connectivity index (χ4v) is 1.17. The first-order chi connectivity index (χ1) is 6.80. The maximum Gasteiger partial charge on any atom is 0.380 e. The van der Waals surface area contributed by atoms with Crippen molar-refractivity contribution in [2.24, 2.45) is 0 Å². The minimum atomic E-state index is -3.89. The van der Waals surface area contributed by atoms with Gasteiger partial charge in [-0.3, -0.25) is 4.79 Å². The van der Waals surface area contributed by atoms with Crippen LogP contribution in [0.4, 0.5) is 13.2 Å². The lowest BCUT2D eigenvalue weighted by Crippen LogP contribution is -2.23. The molecule has 1 nitrogen and oxygen atoms in total. The van der Waals surface area contributed by atoms with Crippen LogP contribution >= 0.6 is 11.6 Å². The van der Waals surface area contributed by atoms with E-state index in [1.54, 1.807) is 6.92 Å². The van der Waals surface area contributed by atoms with Gasteiger partial charge in [0.25, 0.3) is 0 Å². The van der Waals surface area contributed by atoms with Gasteiger partial charge in [-0.25, -0.2) is 4.39 Å². The van der Waals surface area contributed by atoms with Crippen molar-refractivity contribution in [3.05, 3.63) is 35.1 Å². The van der Waals surface area contributed by atoms with Gasteiger partial charge in [-0.05, 0) is 41.8 Å². The molecular formula is C10H8ClF3O. The van der Waals surface area contributed by atoms with Gasteiger partial charge < -0.3 is 0 Å². The molecule has 0 saturated carbocycles. The summed E-state index contributed by atoms with van der Waals surface area (Å²) >= 11 is 4.55. The number of hydrogen-bond donors (Lipinski definition) is 0. The number of halogens is 4. The lowest BCUT2D eigenvalue weighted by Gasteiger charge is -2.08. The lowest BCUT2D eigenvalue weighted by atomic mass is 10.0. The van der Waals surface area contributed by atoms with Crippen LogP contribution in [0.1, 0.15) is 11.1 Å². The van der Waals surface area contributed by atoms with Gasteiger partial charge in [0.2, 0.25) is 5.78 Å². The molecule has 5 heteroatoms. The van der Waals surface area contributed by atoms with E-state index < -0.39 is 23.4 Å². The third kappa shape index (κ3) is 3.23. The predicted molar refractivity (Wildman–Crippen MR) is 50.6 cm³/mol. The Bertz CT molecular complexity index is 385. The second kappa shape index (κ2) is 4.23. The normalized spacial score (nSPS) is 11.5. The van der Waals surface area contributed by atoms with E-state index in [4.69, 9.17) is 0 Å². The highest BCUT2D eigenvalue weighted by Gasteiger charge is 2.35. The summed E-state index contributed by atoms with van der Waals surface area (Å²) in [5, 5.41) is -3.89. The van der Waals surface area contributed by atoms with Crippen LogP contribution in [0.25, 0.3) is 0 Å². The summed E-state index contributed by atoms with van der Waals surface area (Å²) in [5.74, 6) is -2.00. The molecule has 1 aromatic carbocycles. The molecule has 0 radical (unpaired) electrons. The van der Waals surface area contributed by atoms with Crippen molar-refractivity contribution in [1.29, 1.82) is 0 Å². The minimum absolute atomic E-state index is 0.223. The van der Waals surface area contributed by atoms with Crippen LogP contribution in [0.15, 0.2) is 18.2 Å². The number of aryl methyl sites for hydroxylation is 1. The van der Waals surface area contributed by atoms with Gasteiger partial charge >= 0.3 is 5.38 Å². The molecule has 0 unspecified atom stereocenters. The minimum Gasteiger partial charge on any atom is -0.291 e. The van der Waals surface area contributed by atoms with Crippen LogP contribution in [0, 0.1) is 12.7 Å². The molecule has 0 aliphatic carbocycles. The molecule has 15 heavy (non-hydrogen) atoms. The summed E-state index contributed by atoms with van der Waals surface area (Å²) in [7, 11) is 0. The maximum atomic E-state index is 12.8. The third-order valence-corrected chi connectivity index (χ3v) is 2.19. The van der Waals surface area contributed by atoms with Gasteiger partial charge in [-0.15, -0.1) is 0 Å². The van der Waals surface area contributed by atoms with Gasteiger partial charge in [0, 0.05) is 6.42 Å². The molecule has 0 atom stereocenters. The molecule has 0 spiro atoms. The van der Waals surface area contributed by atoms with E-state index in [1.165, 1.54) is 12.1 Å². The highest BCUT2D eigenvalue weighted by atomic mass is 35.5. The number of carbonyl (C=O) groups is 1. The number of carbonyl (C=O) groups excluding carboxylic acids is 1. The fraction of sp³-hybridized carbons (Fsp3) is 0.300. The molecule has 0 heterocycles. The average Bonchev–Trinajstić information content (AvgIpc) is 2.09. The fourth-order valence-electron chi connectivity index (χ4n) is 1.10. The first-order valence-electron chi connectivity index (χ1n) is 4.16. The number of rotatable bonds is 3. The molecule has 0 aromatic heterocycles. The van der Waals surface area contributed by atoms with Crippen molar-refractivity contribution in [3.8, 4) is 0 Å². The van der Waals surface area contributed by atoms with E-state index in [1.807, 2.05) is 0 Å². The van der Waals surface area contributed by atoms with Crippen LogP contribution < -0.4 is 0 Å². The van der Waals surface area contributed by atoms with Crippen molar-refractivity contribution < 1.29 is 18.0 Å². The molecular weight excluding hydrogens is 229 g/mol. The van der Waals surface area contributed by atoms with E-state index in [-0.39, 0.29) is 5.56 Å². The Morgan fingerprint density at radius 2 is 2.07 bits per heavy atom. The van der Waals surface area contributed by atoms with Crippen molar-refractivity contribution in [2.75, 3.05) is 0 Å². The topological polar surface area (TPSA) is 17.1 Å². The Morgan fingerprint density at radius 3 is 2.60 bits per heavy atom. The summed E-state index contributed by atoms with van der Waals surface area (Å²) in [6.45, 7) is 1.61. The molecule has 0 saturated heterocycles. The number of benzene rings is 1. The maximum absolute atomic E-state index is 12.8. The summed E-state index contributed by atoms with van der Waals surface area (Å²) < 4.78 is 37.5. The summed E-state index contributed by atoms with van der Waals surface area (Å²) in [4.78, 5) is 10.9. The number of ketones is 1. The summed E-state index contributed by atoms with van der Waals surface area (Å²) in [5.41, 5.74) is 0.797. The number of alkyl halides is 3. The molecule has 0 aliphatic heterocycles. The molecule has 82 valence electrons. The molecule has 1 aromatic rings. The van der Waals surface area contributed by atoms with Gasteiger partial charge in [0.15, 0.2) is 0 Å². The average molecular weight is 237 g/mol. The first-order valence-corrected chi connectivity index (χ1v) is 4.53. The Kier molecular flexibility index (Phi) is 3.39. The zero-order valence-electron chi connectivity index (χ0n) is 7.86. The largest absolute Gasteiger partial charge is 0.380 e. The van der Waals surface area contributed by atoms with Crippen molar-refractivity contribution in [3.63, 3.8) is 0 Å². The van der Waals surface area contributed by atoms with Crippen molar-refractivity contribution >= 4 is 17.4 Å². The number of Topliss-reactive ketones (excluding diaryl/α,β-unsaturated/α-hetero) is 1. The van der Waals surface area contributed by atoms with E-state index in [0.717, 1.165) is 6.07 Å². The third-order valence-electron chi connectivity index (χ3n) is 1.98. The van der Waals surface area contributed by atoms with Gasteiger partial charge in [-0.2, -0.15) is 8.78 Å². The summed E-state index contributed by atoms with van der Waals surface area (Å²) in [6, 6.07) is 3.67. The SMILES string of the molecule is Cc1ccc(F)cc1CC(=O)C(F)(F)Cl. The Hall–Kier alpha value is -1.03. The van der Waals surface area contributed by atoms with Crippen LogP contribution in [0.3, 0.4) is 0 Å². The predicted octanol–water partition coefficient (Wildman–Crippen LogP) is 3.08. The standard InChI is InChI=1S/C10H8ClF3O/c1-6-2-3-8(12)4-7(6)5-9(15)10(11,13)14/h2-4H,5H2,1H3. The van der Waals surface area contributed by atoms with Crippen LogP contribution in [0.5, 0.6) is 0 Å². The molecule has 0 amide bonds. The van der Waals surface area contributed by atoms with E-state index >= 15 is 0 Å². The zero-order valence-corrected chi connectivity index (χ0v) is 8.62. The van der Waals surface area contributed by atoms with E-state index in [2.05, 4.69) is 11.6 Å². The number of hydrogen-bond acceptors (Lipinski definition) is 1. The van der Waals surface area contributed by atoms with Gasteiger partial charge in [0.05, 0.1) is 0 Å². The van der Waals surface area contributed by atoms with Crippen LogP contribution in [0.2, 0.25) is 0 Å². The van der Waals surface area contributed by atoms with Crippen molar-refractivity contribution in [2.45, 2.75) is 18.7 Å². The lowest BCUT2D eigenvalue weighted by molar-refractivity contribution is -0.132. The molecule has 0 aliphatic rings. The Labute approximate surface area is 89.9 Å². The molecule has 1 rings (SSSR count). The smallest absolute Gasteiger partial charge is 0.291 e. The Balaban J connectivity index is 2.90. The molecule has 0 fully saturated rings. The van der Waals surface area contributed by atoms with Crippen molar-refractivity contribution in [1.82, 2.24) is 0 Å². The monoisotopic (exact) mass is 236 g/mol. The molecule has 0 bridgehead atoms. The highest BCUT2D eigenvalue weighted by Crippen LogP contribution is 2.23. The Morgan fingerprint density at radius 1 is 1.47 bits per heavy atom. The summed E-state index contributed by atoms with van der Waals surface area (Å²) in [6.07, 6.45) is -0.569. The highest BCUT2D eigenvalue weighted by molar-refractivity contribution is 6.32. The second-order valence-electron chi connectivity index (χ2n) is 3.17. The van der Waals surface area contributed by atoms with Gasteiger partial charge in [-0.1, -0.05) is 6.07 Å². The molecule has 0 N–H and O–H groups in total. The van der Waals surface area contributed by atoms with Crippen LogP contribution in [-0.4, -0.2) is 11.2 Å². The van der Waals surface area contributed by atoms with Crippen LogP contribution in [-0.2, 0) is 11.2 Å². The van der Waals surface area contributed by atoms with E-state index in [0.29, 0.717) is 5.56 Å². The van der Waals surface area contributed by atoms with E-state index in [9.17, 15) is 18.0 Å². The second-order valence-corrected chi connectivity index (χ2v) is 3.64. The first kappa shape index (κ1) is 12.0. The van der Waals surface area contributed by atoms with Gasteiger partial charge in [0.1, 0.15) is 5.82 Å². The quantitative estimate of drug-likeness (QED) is 0.737. The zero-order chi connectivity index (χ0) is 11.6.